The molecule has 0 radical (unpaired) electrons. The minimum Gasteiger partial charge on any atom is -0.456 e. The number of carbonyl (C=O) groups excluding carboxylic acids is 2. The van der Waals surface area contributed by atoms with E-state index in [9.17, 15) is 63.1 Å². The highest BCUT2D eigenvalue weighted by molar-refractivity contribution is 7.47. The zero-order chi connectivity index (χ0) is 43.6. The quantitative estimate of drug-likeness (QED) is 0.0203. The zero-order valence-electron chi connectivity index (χ0n) is 31.8. The standard InChI is InChI=1S/C36H51O19P3/c1-3-5-7-9-11-13-14-15-16-17-19-21-23-25-30(38)52-28(26-50-29(37)24-22-20-18-12-10-8-6-4-2)27-51-58(48,49)55-36-32(40)34(53-56(42,43)44)31(39)35(33(36)41)54-57(45,46)47/h2,28,31-36,39-41H,3,5,7,9,11,13-17,19,21,23,25-27H2,1H3,(H,48,49)(H2,42,43,44)(H2,45,46,47)/t28-,31?,32+,33?,34?,35?,36?/m1/s1. The first-order valence-corrected chi connectivity index (χ1v) is 22.9. The summed E-state index contributed by atoms with van der Waals surface area (Å²) < 4.78 is 64.3. The number of esters is 2. The molecule has 22 heteroatoms. The van der Waals surface area contributed by atoms with Crippen molar-refractivity contribution in [1.82, 2.24) is 0 Å². The second kappa shape index (κ2) is 28.4. The van der Waals surface area contributed by atoms with Crippen LogP contribution in [0.15, 0.2) is 0 Å². The maximum Gasteiger partial charge on any atom is 0.472 e. The number of hydrogen-bond donors (Lipinski definition) is 8. The highest BCUT2D eigenvalue weighted by Crippen LogP contribution is 2.51. The van der Waals surface area contributed by atoms with Crippen LogP contribution in [-0.4, -0.2) is 108 Å². The van der Waals surface area contributed by atoms with Crippen molar-refractivity contribution < 1.29 is 90.6 Å². The molecule has 8 atom stereocenters. The number of ether oxygens (including phenoxy) is 2. The molecule has 0 saturated heterocycles. The van der Waals surface area contributed by atoms with Crippen molar-refractivity contribution in [3.05, 3.63) is 0 Å². The van der Waals surface area contributed by atoms with Gasteiger partial charge in [0, 0.05) is 12.3 Å². The van der Waals surface area contributed by atoms with Crippen LogP contribution in [0.5, 0.6) is 0 Å². The Morgan fingerprint density at radius 2 is 1.02 bits per heavy atom. The van der Waals surface area contributed by atoms with Gasteiger partial charge in [0.2, 0.25) is 0 Å². The summed E-state index contributed by atoms with van der Waals surface area (Å²) in [5.41, 5.74) is 0. The van der Waals surface area contributed by atoms with E-state index < -0.39 is 91.3 Å². The molecule has 324 valence electrons. The Balaban J connectivity index is 2.94. The largest absolute Gasteiger partial charge is 0.472 e. The molecule has 1 aliphatic carbocycles. The van der Waals surface area contributed by atoms with E-state index in [1.807, 2.05) is 11.8 Å². The Labute approximate surface area is 338 Å². The van der Waals surface area contributed by atoms with Crippen molar-refractivity contribution in [2.45, 2.75) is 140 Å². The van der Waals surface area contributed by atoms with Crippen molar-refractivity contribution in [1.29, 1.82) is 0 Å². The van der Waals surface area contributed by atoms with E-state index in [0.29, 0.717) is 12.8 Å². The van der Waals surface area contributed by atoms with Gasteiger partial charge in [0.05, 0.1) is 6.61 Å². The number of hydrogen-bond acceptors (Lipinski definition) is 14. The lowest BCUT2D eigenvalue weighted by Gasteiger charge is -2.44. The highest BCUT2D eigenvalue weighted by atomic mass is 31.2. The number of phosphoric ester groups is 3. The van der Waals surface area contributed by atoms with Crippen LogP contribution < -0.4 is 0 Å². The average Bonchev–Trinajstić information content (AvgIpc) is 3.14. The third kappa shape index (κ3) is 24.8. The van der Waals surface area contributed by atoms with Gasteiger partial charge in [-0.3, -0.25) is 22.9 Å². The fourth-order valence-corrected chi connectivity index (χ4v) is 7.45. The summed E-state index contributed by atoms with van der Waals surface area (Å²) >= 11 is 0. The van der Waals surface area contributed by atoms with Crippen molar-refractivity contribution >= 4 is 35.4 Å². The van der Waals surface area contributed by atoms with Gasteiger partial charge in [0.25, 0.3) is 0 Å². The van der Waals surface area contributed by atoms with Gasteiger partial charge < -0.3 is 49.3 Å². The summed E-state index contributed by atoms with van der Waals surface area (Å²) in [6, 6.07) is 0. The predicted molar refractivity (Wildman–Crippen MR) is 204 cm³/mol. The number of rotatable bonds is 26. The molecule has 0 heterocycles. The molecule has 1 fully saturated rings. The van der Waals surface area contributed by atoms with E-state index in [2.05, 4.69) is 57.4 Å². The second-order valence-corrected chi connectivity index (χ2v) is 16.6. The number of aliphatic hydroxyl groups is 3. The molecule has 0 bridgehead atoms. The maximum atomic E-state index is 13.0. The van der Waals surface area contributed by atoms with E-state index in [1.165, 1.54) is 44.9 Å². The Morgan fingerprint density at radius 3 is 1.47 bits per heavy atom. The second-order valence-electron chi connectivity index (χ2n) is 12.8. The van der Waals surface area contributed by atoms with Gasteiger partial charge >= 0.3 is 35.4 Å². The SMILES string of the molecule is C#CC#CC#CC#CC#CC(=O)OC[C@H](COP(=O)(O)OC1C(O)C(OP(=O)(O)O)C(O)C(OP(=O)(O)O)[C@@H]1O)OC(=O)CCCCCCCCCCCCCCC. The molecule has 0 spiro atoms. The average molecular weight is 881 g/mol. The van der Waals surface area contributed by atoms with Gasteiger partial charge in [0.1, 0.15) is 43.2 Å². The predicted octanol–water partition coefficient (Wildman–Crippen LogP) is 2.12. The molecule has 0 aliphatic heterocycles. The summed E-state index contributed by atoms with van der Waals surface area (Å²) in [7, 11) is -16.7. The lowest BCUT2D eigenvalue weighted by Crippen LogP contribution is -2.65. The van der Waals surface area contributed by atoms with E-state index in [-0.39, 0.29) is 6.42 Å². The molecule has 0 aromatic carbocycles. The molecule has 8 N–H and O–H groups in total. The summed E-state index contributed by atoms with van der Waals surface area (Å²) in [5, 5.41) is 31.6. The van der Waals surface area contributed by atoms with E-state index in [4.69, 9.17) is 24.9 Å². The fourth-order valence-electron chi connectivity index (χ4n) is 5.35. The first-order chi connectivity index (χ1) is 27.3. The molecule has 1 saturated carbocycles. The van der Waals surface area contributed by atoms with Crippen LogP contribution >= 0.6 is 23.5 Å². The van der Waals surface area contributed by atoms with Crippen LogP contribution in [0.3, 0.4) is 0 Å². The molecule has 19 nitrogen and oxygen atoms in total. The van der Waals surface area contributed by atoms with Crippen LogP contribution in [-0.2, 0) is 50.9 Å². The molecular formula is C36H51O19P3. The van der Waals surface area contributed by atoms with Crippen LogP contribution in [0.4, 0.5) is 0 Å². The van der Waals surface area contributed by atoms with Gasteiger partial charge in [-0.15, -0.1) is 6.42 Å². The molecule has 1 aliphatic rings. The number of phosphoric acid groups is 3. The zero-order valence-corrected chi connectivity index (χ0v) is 34.5. The summed E-state index contributed by atoms with van der Waals surface area (Å²) in [6.45, 7) is 0.353. The summed E-state index contributed by atoms with van der Waals surface area (Å²) in [5.74, 6) is 17.9. The van der Waals surface area contributed by atoms with Gasteiger partial charge in [-0.05, 0) is 53.8 Å². The highest BCUT2D eigenvalue weighted by Gasteiger charge is 2.56. The Bertz CT molecular complexity index is 1700. The molecule has 0 amide bonds. The number of aliphatic hydroxyl groups excluding tert-OH is 3. The third-order valence-corrected chi connectivity index (χ3v) is 10.0. The van der Waals surface area contributed by atoms with Gasteiger partial charge in [0.15, 0.2) is 6.10 Å². The minimum atomic E-state index is -5.57. The smallest absolute Gasteiger partial charge is 0.456 e. The van der Waals surface area contributed by atoms with Gasteiger partial charge in [-0.2, -0.15) is 0 Å². The Morgan fingerprint density at radius 1 is 0.603 bits per heavy atom. The number of terminal acetylenes is 1. The maximum absolute atomic E-state index is 13.0. The van der Waals surface area contributed by atoms with Crippen LogP contribution in [0.2, 0.25) is 0 Å². The van der Waals surface area contributed by atoms with Crippen LogP contribution in [0, 0.1) is 59.7 Å². The Hall–Kier alpha value is -3.05. The lowest BCUT2D eigenvalue weighted by molar-refractivity contribution is -0.213. The van der Waals surface area contributed by atoms with Gasteiger partial charge in [-0.25, -0.2) is 18.5 Å². The van der Waals surface area contributed by atoms with Crippen molar-refractivity contribution in [2.75, 3.05) is 13.2 Å². The first kappa shape index (κ1) is 53.0. The fraction of sp³-hybridized carbons (Fsp3) is 0.667. The molecule has 58 heavy (non-hydrogen) atoms. The van der Waals surface area contributed by atoms with E-state index >= 15 is 0 Å². The monoisotopic (exact) mass is 880 g/mol. The topological polar surface area (TPSA) is 303 Å². The van der Waals surface area contributed by atoms with Crippen molar-refractivity contribution in [2.24, 2.45) is 0 Å². The van der Waals surface area contributed by atoms with E-state index in [0.717, 1.165) is 25.7 Å². The third-order valence-electron chi connectivity index (χ3n) is 8.01. The molecule has 6 unspecified atom stereocenters. The van der Waals surface area contributed by atoms with Crippen LogP contribution in [0.25, 0.3) is 0 Å². The van der Waals surface area contributed by atoms with Crippen LogP contribution in [0.1, 0.15) is 96.8 Å². The minimum absolute atomic E-state index is 0.0810. The Kier molecular flexibility index (Phi) is 26.0. The van der Waals surface area contributed by atoms with Crippen molar-refractivity contribution in [3.8, 4) is 59.7 Å². The van der Waals surface area contributed by atoms with E-state index in [1.54, 1.807) is 0 Å². The van der Waals surface area contributed by atoms with Crippen molar-refractivity contribution in [3.63, 3.8) is 0 Å². The molecule has 0 aromatic rings. The molecule has 0 aromatic heterocycles. The number of unbranched alkanes of at least 4 members (excludes halogenated alkanes) is 12. The normalized spacial score (nSPS) is 21.7. The number of carbonyl (C=O) groups is 2. The summed E-state index contributed by atoms with van der Waals surface area (Å²) in [4.78, 5) is 72.2. The first-order valence-electron chi connectivity index (χ1n) is 18.3. The summed E-state index contributed by atoms with van der Waals surface area (Å²) in [6.07, 6.45) is 1.95. The molecule has 1 rings (SSSR count). The molecular weight excluding hydrogens is 829 g/mol. The van der Waals surface area contributed by atoms with Gasteiger partial charge in [-0.1, -0.05) is 84.0 Å². The lowest BCUT2D eigenvalue weighted by atomic mass is 9.85.